The van der Waals surface area contributed by atoms with Gasteiger partial charge in [-0.25, -0.2) is 9.37 Å². The highest BCUT2D eigenvalue weighted by molar-refractivity contribution is 14.0. The van der Waals surface area contributed by atoms with Crippen molar-refractivity contribution < 1.29 is 4.39 Å². The Morgan fingerprint density at radius 1 is 1.28 bits per heavy atom. The molecule has 1 aromatic heterocycles. The maximum atomic E-state index is 13.4. The number of halogens is 2. The first-order valence-electron chi connectivity index (χ1n) is 10.1. The van der Waals surface area contributed by atoms with Crippen LogP contribution in [-0.2, 0) is 6.54 Å². The minimum absolute atomic E-state index is 0. The van der Waals surface area contributed by atoms with Crippen LogP contribution in [0.5, 0.6) is 0 Å². The van der Waals surface area contributed by atoms with E-state index in [1.165, 1.54) is 6.07 Å². The van der Waals surface area contributed by atoms with Crippen molar-refractivity contribution in [3.05, 3.63) is 48.3 Å². The second kappa shape index (κ2) is 12.0. The lowest BCUT2D eigenvalue weighted by Gasteiger charge is -2.34. The third-order valence-corrected chi connectivity index (χ3v) is 5.27. The van der Waals surface area contributed by atoms with Gasteiger partial charge in [-0.1, -0.05) is 6.07 Å². The summed E-state index contributed by atoms with van der Waals surface area (Å²) in [6.07, 6.45) is 8.08. The number of benzene rings is 1. The average Bonchev–Trinajstić information content (AvgIpc) is 3.12. The largest absolute Gasteiger partial charge is 0.371 e. The molecule has 0 amide bonds. The summed E-state index contributed by atoms with van der Waals surface area (Å²) in [7, 11) is 1.81. The summed E-state index contributed by atoms with van der Waals surface area (Å²) in [6.45, 7) is 5.77. The zero-order valence-electron chi connectivity index (χ0n) is 17.3. The molecule has 2 heterocycles. The summed E-state index contributed by atoms with van der Waals surface area (Å²) in [4.78, 5) is 10.8. The number of unbranched alkanes of at least 4 members (excludes halogenated alkanes) is 1. The van der Waals surface area contributed by atoms with Crippen LogP contribution in [0.25, 0.3) is 0 Å². The number of hydrogen-bond donors (Lipinski definition) is 2. The number of nitrogens with one attached hydrogen (secondary N) is 2. The van der Waals surface area contributed by atoms with Gasteiger partial charge in [0.15, 0.2) is 5.96 Å². The van der Waals surface area contributed by atoms with Gasteiger partial charge in [-0.05, 0) is 50.8 Å². The van der Waals surface area contributed by atoms with Crippen LogP contribution in [0.15, 0.2) is 41.7 Å². The van der Waals surface area contributed by atoms with Crippen LogP contribution in [0.3, 0.4) is 0 Å². The van der Waals surface area contributed by atoms with Crippen LogP contribution in [0.1, 0.15) is 31.5 Å². The minimum Gasteiger partial charge on any atom is -0.371 e. The van der Waals surface area contributed by atoms with Crippen LogP contribution < -0.4 is 15.5 Å². The van der Waals surface area contributed by atoms with E-state index in [2.05, 4.69) is 30.1 Å². The van der Waals surface area contributed by atoms with Crippen molar-refractivity contribution in [1.29, 1.82) is 0 Å². The summed E-state index contributed by atoms with van der Waals surface area (Å²) in [5.74, 6) is 1.75. The lowest BCUT2D eigenvalue weighted by atomic mass is 10.0. The predicted octanol–water partition coefficient (Wildman–Crippen LogP) is 3.56. The Bertz CT molecular complexity index is 770. The van der Waals surface area contributed by atoms with Crippen LogP contribution in [0.4, 0.5) is 10.1 Å². The number of imidazole rings is 1. The topological polar surface area (TPSA) is 57.5 Å². The Hall–Kier alpha value is -1.84. The van der Waals surface area contributed by atoms with E-state index in [-0.39, 0.29) is 29.8 Å². The number of aliphatic imine (C=N–C) groups is 1. The first-order valence-corrected chi connectivity index (χ1v) is 10.1. The zero-order valence-corrected chi connectivity index (χ0v) is 19.6. The van der Waals surface area contributed by atoms with Gasteiger partial charge in [-0.15, -0.1) is 24.0 Å². The fraction of sp³-hybridized carbons (Fsp3) is 0.524. The summed E-state index contributed by atoms with van der Waals surface area (Å²) < 4.78 is 15.6. The van der Waals surface area contributed by atoms with Gasteiger partial charge in [-0.3, -0.25) is 4.99 Å². The highest BCUT2D eigenvalue weighted by Gasteiger charge is 2.20. The molecule has 2 N–H and O–H groups in total. The maximum absolute atomic E-state index is 13.4. The molecular weight excluding hydrogens is 482 g/mol. The van der Waals surface area contributed by atoms with E-state index in [1.54, 1.807) is 12.1 Å². The van der Waals surface area contributed by atoms with Gasteiger partial charge in [0.25, 0.3) is 0 Å². The van der Waals surface area contributed by atoms with Crippen molar-refractivity contribution >= 4 is 35.6 Å². The van der Waals surface area contributed by atoms with E-state index in [1.807, 2.05) is 32.4 Å². The SMILES string of the molecule is CN=C(NCCCCn1ccnc1C)NC1CCN(c2cccc(F)c2)CC1.I. The van der Waals surface area contributed by atoms with Crippen molar-refractivity contribution in [3.63, 3.8) is 0 Å². The standard InChI is InChI=1S/C21H31FN6.HI/c1-17-24-11-15-27(17)12-4-3-10-25-21(23-2)26-19-8-13-28(14-9-19)20-7-5-6-18(22)16-20;/h5-7,11,15-16,19H,3-4,8-10,12-14H2,1-2H3,(H2,23,25,26);1H. The van der Waals surface area contributed by atoms with Gasteiger partial charge < -0.3 is 20.1 Å². The Morgan fingerprint density at radius 3 is 2.72 bits per heavy atom. The van der Waals surface area contributed by atoms with E-state index < -0.39 is 0 Å². The molecule has 0 spiro atoms. The van der Waals surface area contributed by atoms with E-state index >= 15 is 0 Å². The molecule has 0 unspecified atom stereocenters. The molecule has 2 aromatic rings. The summed E-state index contributed by atoms with van der Waals surface area (Å²) in [5.41, 5.74) is 0.967. The third-order valence-electron chi connectivity index (χ3n) is 5.27. The highest BCUT2D eigenvalue weighted by Crippen LogP contribution is 2.20. The van der Waals surface area contributed by atoms with Crippen molar-refractivity contribution in [1.82, 2.24) is 20.2 Å². The smallest absolute Gasteiger partial charge is 0.191 e. The second-order valence-corrected chi connectivity index (χ2v) is 7.26. The summed E-state index contributed by atoms with van der Waals surface area (Å²) >= 11 is 0. The fourth-order valence-corrected chi connectivity index (χ4v) is 3.60. The van der Waals surface area contributed by atoms with Crippen LogP contribution >= 0.6 is 24.0 Å². The average molecular weight is 514 g/mol. The van der Waals surface area contributed by atoms with E-state index in [0.717, 1.165) is 69.3 Å². The van der Waals surface area contributed by atoms with Gasteiger partial charge in [0, 0.05) is 57.3 Å². The summed E-state index contributed by atoms with van der Waals surface area (Å²) in [6, 6.07) is 7.24. The molecule has 1 aromatic carbocycles. The molecule has 1 aliphatic heterocycles. The lowest BCUT2D eigenvalue weighted by Crippen LogP contribution is -2.48. The van der Waals surface area contributed by atoms with Gasteiger partial charge in [0.1, 0.15) is 11.6 Å². The van der Waals surface area contributed by atoms with Crippen LogP contribution in [-0.4, -0.2) is 48.2 Å². The quantitative estimate of drug-likeness (QED) is 0.257. The van der Waals surface area contributed by atoms with E-state index in [0.29, 0.717) is 6.04 Å². The molecule has 8 heteroatoms. The Labute approximate surface area is 190 Å². The molecule has 0 bridgehead atoms. The number of hydrogen-bond acceptors (Lipinski definition) is 3. The van der Waals surface area contributed by atoms with E-state index in [4.69, 9.17) is 0 Å². The molecule has 29 heavy (non-hydrogen) atoms. The number of anilines is 1. The first-order chi connectivity index (χ1) is 13.7. The normalized spacial score (nSPS) is 15.1. The molecule has 1 aliphatic rings. The molecule has 6 nitrogen and oxygen atoms in total. The van der Waals surface area contributed by atoms with Gasteiger partial charge in [0.2, 0.25) is 0 Å². The lowest BCUT2D eigenvalue weighted by molar-refractivity contribution is 0.460. The van der Waals surface area contributed by atoms with Gasteiger partial charge in [-0.2, -0.15) is 0 Å². The zero-order chi connectivity index (χ0) is 19.8. The second-order valence-electron chi connectivity index (χ2n) is 7.26. The number of aryl methyl sites for hydroxylation is 2. The number of guanidine groups is 1. The Kier molecular flexibility index (Phi) is 9.69. The van der Waals surface area contributed by atoms with E-state index in [9.17, 15) is 4.39 Å². The number of rotatable bonds is 7. The first kappa shape index (κ1) is 23.4. The molecular formula is C21H32FIN6. The Balaban J connectivity index is 0.00000300. The maximum Gasteiger partial charge on any atom is 0.191 e. The number of piperidine rings is 1. The highest BCUT2D eigenvalue weighted by atomic mass is 127. The third kappa shape index (κ3) is 7.17. The summed E-state index contributed by atoms with van der Waals surface area (Å²) in [5, 5.41) is 6.94. The van der Waals surface area contributed by atoms with Crippen molar-refractivity contribution in [2.75, 3.05) is 31.6 Å². The molecule has 0 radical (unpaired) electrons. The number of aromatic nitrogens is 2. The molecule has 0 saturated carbocycles. The van der Waals surface area contributed by atoms with Crippen LogP contribution in [0.2, 0.25) is 0 Å². The van der Waals surface area contributed by atoms with Crippen molar-refractivity contribution in [2.45, 2.75) is 45.2 Å². The molecule has 1 saturated heterocycles. The van der Waals surface area contributed by atoms with Gasteiger partial charge in [0.05, 0.1) is 0 Å². The van der Waals surface area contributed by atoms with Crippen molar-refractivity contribution in [2.24, 2.45) is 4.99 Å². The van der Waals surface area contributed by atoms with Crippen molar-refractivity contribution in [3.8, 4) is 0 Å². The molecule has 160 valence electrons. The van der Waals surface area contributed by atoms with Gasteiger partial charge >= 0.3 is 0 Å². The monoisotopic (exact) mass is 514 g/mol. The Morgan fingerprint density at radius 2 is 2.07 bits per heavy atom. The van der Waals surface area contributed by atoms with Crippen LogP contribution in [0, 0.1) is 12.7 Å². The predicted molar refractivity (Wildman–Crippen MR) is 128 cm³/mol. The molecule has 0 aliphatic carbocycles. The minimum atomic E-state index is -0.175. The molecule has 3 rings (SSSR count). The molecule has 0 atom stereocenters. The molecule has 1 fully saturated rings. The fourth-order valence-electron chi connectivity index (χ4n) is 3.60. The number of nitrogens with zero attached hydrogens (tertiary/aromatic N) is 4.